The van der Waals surface area contributed by atoms with Crippen LogP contribution in [0.4, 0.5) is 0 Å². The van der Waals surface area contributed by atoms with Gasteiger partial charge in [0.05, 0.1) is 15.7 Å². The van der Waals surface area contributed by atoms with Gasteiger partial charge in [-0.15, -0.1) is 0 Å². The zero-order valence-electron chi connectivity index (χ0n) is 9.64. The number of primary sulfonamides is 1. The molecule has 0 heterocycles. The van der Waals surface area contributed by atoms with Gasteiger partial charge < -0.3 is 0 Å². The summed E-state index contributed by atoms with van der Waals surface area (Å²) in [5.41, 5.74) is 0. The SMILES string of the molecule is NS(=O)(=O)CCCNS(=O)(=O)c1ccc(Cl)c(Br)c1. The van der Waals surface area contributed by atoms with Crippen LogP contribution >= 0.6 is 27.5 Å². The molecule has 0 spiro atoms. The fraction of sp³-hybridized carbons (Fsp3) is 0.333. The molecule has 0 amide bonds. The first-order valence-electron chi connectivity index (χ1n) is 5.07. The van der Waals surface area contributed by atoms with Gasteiger partial charge in [0.2, 0.25) is 20.0 Å². The molecule has 19 heavy (non-hydrogen) atoms. The lowest BCUT2D eigenvalue weighted by molar-refractivity contribution is 0.576. The van der Waals surface area contributed by atoms with Crippen LogP contribution in [-0.2, 0) is 20.0 Å². The fourth-order valence-corrected chi connectivity index (χ4v) is 3.50. The first kappa shape index (κ1) is 16.9. The first-order chi connectivity index (χ1) is 8.62. The minimum Gasteiger partial charge on any atom is -0.229 e. The van der Waals surface area contributed by atoms with Gasteiger partial charge in [-0.2, -0.15) is 0 Å². The molecule has 10 heteroatoms. The first-order valence-corrected chi connectivity index (χ1v) is 9.44. The topological polar surface area (TPSA) is 106 Å². The van der Waals surface area contributed by atoms with Gasteiger partial charge in [-0.3, -0.25) is 0 Å². The van der Waals surface area contributed by atoms with E-state index in [0.29, 0.717) is 9.50 Å². The van der Waals surface area contributed by atoms with Crippen molar-refractivity contribution in [3.05, 3.63) is 27.7 Å². The lowest BCUT2D eigenvalue weighted by Crippen LogP contribution is -2.27. The van der Waals surface area contributed by atoms with Crippen molar-refractivity contribution in [2.75, 3.05) is 12.3 Å². The zero-order chi connectivity index (χ0) is 14.7. The molecule has 1 aromatic carbocycles. The van der Waals surface area contributed by atoms with Crippen molar-refractivity contribution in [3.63, 3.8) is 0 Å². The van der Waals surface area contributed by atoms with Crippen LogP contribution in [0.3, 0.4) is 0 Å². The molecule has 0 radical (unpaired) electrons. The average molecular weight is 392 g/mol. The van der Waals surface area contributed by atoms with E-state index in [2.05, 4.69) is 20.7 Å². The molecule has 6 nitrogen and oxygen atoms in total. The van der Waals surface area contributed by atoms with Crippen LogP contribution in [0.5, 0.6) is 0 Å². The monoisotopic (exact) mass is 390 g/mol. The molecular weight excluding hydrogens is 380 g/mol. The maximum absolute atomic E-state index is 11.9. The highest BCUT2D eigenvalue weighted by molar-refractivity contribution is 9.10. The minimum atomic E-state index is -3.69. The Morgan fingerprint density at radius 3 is 2.42 bits per heavy atom. The lowest BCUT2D eigenvalue weighted by atomic mass is 10.4. The summed E-state index contributed by atoms with van der Waals surface area (Å²) in [4.78, 5) is 0.0411. The van der Waals surface area contributed by atoms with E-state index >= 15 is 0 Å². The molecule has 0 atom stereocenters. The van der Waals surface area contributed by atoms with Crippen LogP contribution in [0.25, 0.3) is 0 Å². The summed E-state index contributed by atoms with van der Waals surface area (Å²) in [5, 5.41) is 5.20. The maximum Gasteiger partial charge on any atom is 0.240 e. The summed E-state index contributed by atoms with van der Waals surface area (Å²) in [6, 6.07) is 4.17. The van der Waals surface area contributed by atoms with E-state index in [1.165, 1.54) is 18.2 Å². The van der Waals surface area contributed by atoms with Crippen molar-refractivity contribution in [3.8, 4) is 0 Å². The summed E-state index contributed by atoms with van der Waals surface area (Å²) >= 11 is 8.89. The van der Waals surface area contributed by atoms with Gasteiger partial charge in [-0.05, 0) is 40.5 Å². The summed E-state index contributed by atoms with van der Waals surface area (Å²) in [7, 11) is -7.27. The Morgan fingerprint density at radius 1 is 1.26 bits per heavy atom. The number of rotatable bonds is 6. The third-order valence-electron chi connectivity index (χ3n) is 2.10. The second-order valence-corrected chi connectivity index (χ2v) is 8.46. The van der Waals surface area contributed by atoms with Crippen LogP contribution in [0.2, 0.25) is 5.02 Å². The number of hydrogen-bond acceptors (Lipinski definition) is 4. The number of nitrogens with two attached hydrogens (primary N) is 1. The Labute approximate surface area is 125 Å². The van der Waals surface area contributed by atoms with E-state index in [-0.39, 0.29) is 23.6 Å². The molecule has 0 fully saturated rings. The second-order valence-electron chi connectivity index (χ2n) is 3.69. The highest BCUT2D eigenvalue weighted by Crippen LogP contribution is 2.25. The predicted octanol–water partition coefficient (Wildman–Crippen LogP) is 1.06. The molecule has 0 saturated heterocycles. The molecule has 0 aliphatic carbocycles. The van der Waals surface area contributed by atoms with E-state index < -0.39 is 20.0 Å². The van der Waals surface area contributed by atoms with Gasteiger partial charge in [-0.25, -0.2) is 26.7 Å². The summed E-state index contributed by atoms with van der Waals surface area (Å²) in [5.74, 6) is -0.278. The third kappa shape index (κ3) is 5.76. The Morgan fingerprint density at radius 2 is 1.89 bits per heavy atom. The molecule has 108 valence electrons. The second kappa shape index (κ2) is 6.51. The Balaban J connectivity index is 2.68. The fourth-order valence-electron chi connectivity index (χ4n) is 1.21. The van der Waals surface area contributed by atoms with Gasteiger partial charge in [0.15, 0.2) is 0 Å². The molecule has 1 aromatic rings. The smallest absolute Gasteiger partial charge is 0.229 e. The molecule has 0 saturated carbocycles. The number of sulfonamides is 2. The molecule has 0 unspecified atom stereocenters. The van der Waals surface area contributed by atoms with Crippen LogP contribution in [0.15, 0.2) is 27.6 Å². The summed E-state index contributed by atoms with van der Waals surface area (Å²) in [6.07, 6.45) is 0.104. The van der Waals surface area contributed by atoms with Crippen LogP contribution in [0.1, 0.15) is 6.42 Å². The highest BCUT2D eigenvalue weighted by atomic mass is 79.9. The average Bonchev–Trinajstić information content (AvgIpc) is 2.27. The Hall–Kier alpha value is -0.190. The lowest BCUT2D eigenvalue weighted by Gasteiger charge is -2.07. The van der Waals surface area contributed by atoms with Crippen molar-refractivity contribution >= 4 is 47.6 Å². The van der Waals surface area contributed by atoms with Gasteiger partial charge >= 0.3 is 0 Å². The standard InChI is InChI=1S/C9H12BrClN2O4S2/c10-8-6-7(2-3-9(8)11)19(16,17)13-4-1-5-18(12,14)15/h2-3,6,13H,1,4-5H2,(H2,12,14,15). The third-order valence-corrected chi connectivity index (χ3v) is 5.63. The van der Waals surface area contributed by atoms with Crippen LogP contribution in [-0.4, -0.2) is 29.1 Å². The van der Waals surface area contributed by atoms with Crippen molar-refractivity contribution in [1.82, 2.24) is 4.72 Å². The number of benzene rings is 1. The number of nitrogens with one attached hydrogen (secondary N) is 1. The maximum atomic E-state index is 11.9. The molecule has 0 aliphatic heterocycles. The van der Waals surface area contributed by atoms with Crippen molar-refractivity contribution < 1.29 is 16.8 Å². The summed E-state index contributed by atoms with van der Waals surface area (Å²) < 4.78 is 47.8. The Kier molecular flexibility index (Phi) is 5.78. The van der Waals surface area contributed by atoms with Gasteiger partial charge in [0.25, 0.3) is 0 Å². The normalized spacial score (nSPS) is 12.6. The molecule has 1 rings (SSSR count). The molecule has 0 aliphatic rings. The van der Waals surface area contributed by atoms with Crippen molar-refractivity contribution in [1.29, 1.82) is 0 Å². The Bertz CT molecular complexity index is 661. The molecule has 0 aromatic heterocycles. The van der Waals surface area contributed by atoms with E-state index in [1.807, 2.05) is 0 Å². The van der Waals surface area contributed by atoms with Gasteiger partial charge in [0, 0.05) is 11.0 Å². The van der Waals surface area contributed by atoms with Crippen molar-refractivity contribution in [2.45, 2.75) is 11.3 Å². The number of halogens is 2. The largest absolute Gasteiger partial charge is 0.240 e. The van der Waals surface area contributed by atoms with E-state index in [9.17, 15) is 16.8 Å². The van der Waals surface area contributed by atoms with Gasteiger partial charge in [-0.1, -0.05) is 11.6 Å². The molecular formula is C9H12BrClN2O4S2. The van der Waals surface area contributed by atoms with Crippen molar-refractivity contribution in [2.24, 2.45) is 5.14 Å². The molecule has 0 bridgehead atoms. The van der Waals surface area contributed by atoms with E-state index in [1.54, 1.807) is 0 Å². The predicted molar refractivity (Wildman–Crippen MR) is 76.9 cm³/mol. The zero-order valence-corrected chi connectivity index (χ0v) is 13.6. The van der Waals surface area contributed by atoms with Crippen LogP contribution in [0, 0.1) is 0 Å². The van der Waals surface area contributed by atoms with E-state index in [0.717, 1.165) is 0 Å². The van der Waals surface area contributed by atoms with Gasteiger partial charge in [0.1, 0.15) is 0 Å². The molecule has 3 N–H and O–H groups in total. The van der Waals surface area contributed by atoms with Crippen LogP contribution < -0.4 is 9.86 Å². The highest BCUT2D eigenvalue weighted by Gasteiger charge is 2.15. The number of hydrogen-bond donors (Lipinski definition) is 2. The summed E-state index contributed by atoms with van der Waals surface area (Å²) in [6.45, 7) is -0.0149. The van der Waals surface area contributed by atoms with E-state index in [4.69, 9.17) is 16.7 Å². The quantitative estimate of drug-likeness (QED) is 0.707. The minimum absolute atomic E-state index is 0.0149.